The molecule has 0 saturated carbocycles. The monoisotopic (exact) mass is 260 g/mol. The van der Waals surface area contributed by atoms with E-state index in [1.54, 1.807) is 0 Å². The Morgan fingerprint density at radius 3 is 2.80 bits per heavy atom. The normalized spacial score (nSPS) is 11.2. The van der Waals surface area contributed by atoms with Gasteiger partial charge in [-0.15, -0.1) is 5.10 Å². The molecule has 2 aromatic carbocycles. The zero-order chi connectivity index (χ0) is 13.4. The average Bonchev–Trinajstić information content (AvgIpc) is 2.91. The van der Waals surface area contributed by atoms with Crippen molar-refractivity contribution in [3.63, 3.8) is 0 Å². The van der Waals surface area contributed by atoms with E-state index in [0.717, 1.165) is 27.5 Å². The van der Waals surface area contributed by atoms with E-state index in [0.29, 0.717) is 6.54 Å². The van der Waals surface area contributed by atoms with Crippen LogP contribution in [0.3, 0.4) is 0 Å². The van der Waals surface area contributed by atoms with Crippen molar-refractivity contribution < 1.29 is 0 Å². The Labute approximate surface area is 115 Å². The van der Waals surface area contributed by atoms with E-state index in [2.05, 4.69) is 39.6 Å². The largest absolute Gasteiger partial charge is 0.256 e. The number of hydrogen-bond acceptors (Lipinski definition) is 3. The first-order valence-corrected chi connectivity index (χ1v) is 6.53. The fourth-order valence-corrected chi connectivity index (χ4v) is 2.49. The molecular weight excluding hydrogens is 248 g/mol. The van der Waals surface area contributed by atoms with E-state index in [1.165, 1.54) is 0 Å². The van der Waals surface area contributed by atoms with Crippen molar-refractivity contribution in [2.45, 2.75) is 6.54 Å². The summed E-state index contributed by atoms with van der Waals surface area (Å²) in [5.41, 5.74) is 4.13. The molecule has 0 spiro atoms. The first-order chi connectivity index (χ1) is 9.92. The van der Waals surface area contributed by atoms with Crippen molar-refractivity contribution in [3.8, 4) is 0 Å². The maximum atomic E-state index is 4.48. The summed E-state index contributed by atoms with van der Waals surface area (Å²) in [4.78, 5) is 4.48. The van der Waals surface area contributed by atoms with Gasteiger partial charge in [-0.3, -0.25) is 4.98 Å². The Bertz CT molecular complexity index is 890. The second-order valence-corrected chi connectivity index (χ2v) is 4.73. The molecule has 96 valence electrons. The summed E-state index contributed by atoms with van der Waals surface area (Å²) in [5.74, 6) is 0. The third-order valence-corrected chi connectivity index (χ3v) is 3.46. The highest BCUT2D eigenvalue weighted by Crippen LogP contribution is 2.18. The minimum Gasteiger partial charge on any atom is -0.256 e. The van der Waals surface area contributed by atoms with Crippen LogP contribution in [0.2, 0.25) is 0 Å². The van der Waals surface area contributed by atoms with Gasteiger partial charge in [-0.05, 0) is 23.8 Å². The van der Waals surface area contributed by atoms with E-state index < -0.39 is 0 Å². The van der Waals surface area contributed by atoms with Gasteiger partial charge in [0, 0.05) is 11.6 Å². The summed E-state index contributed by atoms with van der Waals surface area (Å²) >= 11 is 0. The molecule has 4 nitrogen and oxygen atoms in total. The lowest BCUT2D eigenvalue weighted by atomic mass is 10.1. The maximum absolute atomic E-state index is 4.48. The summed E-state index contributed by atoms with van der Waals surface area (Å²) in [7, 11) is 0. The number of fused-ring (bicyclic) bond motifs is 2. The van der Waals surface area contributed by atoms with Gasteiger partial charge in [-0.2, -0.15) is 0 Å². The number of pyridine rings is 1. The van der Waals surface area contributed by atoms with Gasteiger partial charge in [0.1, 0.15) is 5.52 Å². The Kier molecular flexibility index (Phi) is 2.45. The molecule has 20 heavy (non-hydrogen) atoms. The molecule has 0 bridgehead atoms. The maximum Gasteiger partial charge on any atom is 0.113 e. The Hall–Kier alpha value is -2.75. The van der Waals surface area contributed by atoms with Gasteiger partial charge >= 0.3 is 0 Å². The second kappa shape index (κ2) is 4.42. The molecule has 0 fully saturated rings. The standard InChI is InChI=1S/C16H12N4/c1-2-9-15-14(8-1)18-19-20(15)11-13-6-3-5-12-7-4-10-17-16(12)13/h1-10H,11H2. The molecule has 0 atom stereocenters. The predicted molar refractivity (Wildman–Crippen MR) is 78.4 cm³/mol. The lowest BCUT2D eigenvalue weighted by Crippen LogP contribution is -2.03. The molecule has 4 rings (SSSR count). The van der Waals surface area contributed by atoms with Gasteiger partial charge < -0.3 is 0 Å². The SMILES string of the molecule is c1cnc2c(Cn3nnc4ccccc43)cccc2c1. The minimum atomic E-state index is 0.675. The van der Waals surface area contributed by atoms with Crippen molar-refractivity contribution >= 4 is 21.9 Å². The van der Waals surface area contributed by atoms with Crippen molar-refractivity contribution in [3.05, 3.63) is 66.4 Å². The van der Waals surface area contributed by atoms with E-state index in [-0.39, 0.29) is 0 Å². The summed E-state index contributed by atoms with van der Waals surface area (Å²) in [6, 6.07) is 18.2. The smallest absolute Gasteiger partial charge is 0.113 e. The highest BCUT2D eigenvalue weighted by Gasteiger charge is 2.07. The van der Waals surface area contributed by atoms with Crippen LogP contribution in [-0.2, 0) is 6.54 Å². The molecule has 0 radical (unpaired) electrons. The third-order valence-electron chi connectivity index (χ3n) is 3.46. The van der Waals surface area contributed by atoms with E-state index >= 15 is 0 Å². The topological polar surface area (TPSA) is 43.6 Å². The molecule has 2 aromatic heterocycles. The highest BCUT2D eigenvalue weighted by atomic mass is 15.4. The van der Waals surface area contributed by atoms with E-state index in [1.807, 2.05) is 41.2 Å². The summed E-state index contributed by atoms with van der Waals surface area (Å²) in [6.45, 7) is 0.675. The van der Waals surface area contributed by atoms with Crippen molar-refractivity contribution in [1.82, 2.24) is 20.0 Å². The Morgan fingerprint density at radius 1 is 0.900 bits per heavy atom. The minimum absolute atomic E-state index is 0.675. The van der Waals surface area contributed by atoms with Crippen LogP contribution in [0.4, 0.5) is 0 Å². The molecule has 4 aromatic rings. The van der Waals surface area contributed by atoms with Crippen molar-refractivity contribution in [2.75, 3.05) is 0 Å². The summed E-state index contributed by atoms with van der Waals surface area (Å²) in [6.07, 6.45) is 1.82. The van der Waals surface area contributed by atoms with Crippen LogP contribution in [0.25, 0.3) is 21.9 Å². The lowest BCUT2D eigenvalue weighted by molar-refractivity contribution is 0.672. The zero-order valence-electron chi connectivity index (χ0n) is 10.8. The van der Waals surface area contributed by atoms with Crippen LogP contribution in [-0.4, -0.2) is 20.0 Å². The van der Waals surface area contributed by atoms with Crippen molar-refractivity contribution in [2.24, 2.45) is 0 Å². The third kappa shape index (κ3) is 1.73. The number of benzene rings is 2. The number of aromatic nitrogens is 4. The van der Waals surface area contributed by atoms with Crippen LogP contribution < -0.4 is 0 Å². The molecule has 0 aliphatic carbocycles. The van der Waals surface area contributed by atoms with E-state index in [9.17, 15) is 0 Å². The van der Waals surface area contributed by atoms with Gasteiger partial charge in [0.2, 0.25) is 0 Å². The molecule has 0 aliphatic rings. The second-order valence-electron chi connectivity index (χ2n) is 4.73. The lowest BCUT2D eigenvalue weighted by Gasteiger charge is -2.06. The predicted octanol–water partition coefficient (Wildman–Crippen LogP) is 3.03. The number of rotatable bonds is 2. The Balaban J connectivity index is 1.85. The fraction of sp³-hybridized carbons (Fsp3) is 0.0625. The fourth-order valence-electron chi connectivity index (χ4n) is 2.49. The zero-order valence-corrected chi connectivity index (χ0v) is 10.8. The van der Waals surface area contributed by atoms with Crippen LogP contribution >= 0.6 is 0 Å². The van der Waals surface area contributed by atoms with Gasteiger partial charge in [0.15, 0.2) is 0 Å². The molecule has 2 heterocycles. The van der Waals surface area contributed by atoms with Gasteiger partial charge in [-0.25, -0.2) is 4.68 Å². The van der Waals surface area contributed by atoms with Crippen LogP contribution in [0.15, 0.2) is 60.8 Å². The van der Waals surface area contributed by atoms with Crippen LogP contribution in [0.5, 0.6) is 0 Å². The van der Waals surface area contributed by atoms with Crippen molar-refractivity contribution in [1.29, 1.82) is 0 Å². The number of nitrogens with zero attached hydrogens (tertiary/aromatic N) is 4. The van der Waals surface area contributed by atoms with Gasteiger partial charge in [0.25, 0.3) is 0 Å². The molecule has 0 saturated heterocycles. The molecule has 0 unspecified atom stereocenters. The van der Waals surface area contributed by atoms with Crippen LogP contribution in [0.1, 0.15) is 5.56 Å². The van der Waals surface area contributed by atoms with Crippen LogP contribution in [0, 0.1) is 0 Å². The molecule has 0 N–H and O–H groups in total. The molecule has 0 aliphatic heterocycles. The molecule has 4 heteroatoms. The quantitative estimate of drug-likeness (QED) is 0.556. The highest BCUT2D eigenvalue weighted by molar-refractivity contribution is 5.82. The molecule has 0 amide bonds. The number of para-hydroxylation sites is 2. The molecular formula is C16H12N4. The van der Waals surface area contributed by atoms with Gasteiger partial charge in [-0.1, -0.05) is 41.6 Å². The summed E-state index contributed by atoms with van der Waals surface area (Å²) in [5, 5.41) is 9.57. The van der Waals surface area contributed by atoms with Gasteiger partial charge in [0.05, 0.1) is 17.6 Å². The summed E-state index contributed by atoms with van der Waals surface area (Å²) < 4.78 is 1.92. The number of hydrogen-bond donors (Lipinski definition) is 0. The average molecular weight is 260 g/mol. The van der Waals surface area contributed by atoms with E-state index in [4.69, 9.17) is 0 Å². The first-order valence-electron chi connectivity index (χ1n) is 6.53. The first kappa shape index (κ1) is 11.1. The Morgan fingerprint density at radius 2 is 1.80 bits per heavy atom.